The highest BCUT2D eigenvalue weighted by atomic mass is 19.1. The Labute approximate surface area is 121 Å². The maximum Gasteiger partial charge on any atom is 0.257 e. The predicted octanol–water partition coefficient (Wildman–Crippen LogP) is 2.67. The van der Waals surface area contributed by atoms with Crippen molar-refractivity contribution in [3.63, 3.8) is 0 Å². The Hall–Kier alpha value is -2.50. The molecule has 0 aliphatic rings. The Morgan fingerprint density at radius 2 is 2.05 bits per heavy atom. The largest absolute Gasteiger partial charge is 0.372 e. The Balaban J connectivity index is 2.24. The molecule has 0 saturated heterocycles. The zero-order valence-corrected chi connectivity index (χ0v) is 11.7. The van der Waals surface area contributed by atoms with Crippen molar-refractivity contribution in [3.05, 3.63) is 59.3 Å². The minimum atomic E-state index is -0.600. The summed E-state index contributed by atoms with van der Waals surface area (Å²) in [4.78, 5) is 17.5. The van der Waals surface area contributed by atoms with Gasteiger partial charge in [-0.2, -0.15) is 0 Å². The number of nitrogens with one attached hydrogen (secondary N) is 1. The number of carbonyl (C=O) groups is 1. The second kappa shape index (κ2) is 6.30. The predicted molar refractivity (Wildman–Crippen MR) is 75.9 cm³/mol. The summed E-state index contributed by atoms with van der Waals surface area (Å²) in [6, 6.07) is 7.31. The lowest BCUT2D eigenvalue weighted by Crippen LogP contribution is -2.27. The van der Waals surface area contributed by atoms with Crippen LogP contribution in [0, 0.1) is 11.6 Å². The summed E-state index contributed by atoms with van der Waals surface area (Å²) < 4.78 is 26.9. The van der Waals surface area contributed by atoms with Crippen molar-refractivity contribution >= 4 is 11.7 Å². The molecule has 0 aliphatic carbocycles. The van der Waals surface area contributed by atoms with Gasteiger partial charge in [-0.05, 0) is 12.1 Å². The van der Waals surface area contributed by atoms with E-state index in [2.05, 4.69) is 10.3 Å². The van der Waals surface area contributed by atoms with Crippen LogP contribution in [-0.4, -0.2) is 29.9 Å². The van der Waals surface area contributed by atoms with Crippen LogP contribution in [0.1, 0.15) is 15.9 Å². The Kier molecular flexibility index (Phi) is 4.47. The number of halogens is 2. The van der Waals surface area contributed by atoms with Crippen molar-refractivity contribution in [2.24, 2.45) is 0 Å². The summed E-state index contributed by atoms with van der Waals surface area (Å²) in [5, 5.41) is 2.73. The number of hydrogen-bond donors (Lipinski definition) is 1. The third-order valence-corrected chi connectivity index (χ3v) is 3.03. The summed E-state index contributed by atoms with van der Waals surface area (Å²) >= 11 is 0. The van der Waals surface area contributed by atoms with E-state index in [0.29, 0.717) is 5.56 Å². The summed E-state index contributed by atoms with van der Waals surface area (Å²) in [5.74, 6) is -1.14. The minimum Gasteiger partial charge on any atom is -0.372 e. The summed E-state index contributed by atoms with van der Waals surface area (Å²) in [5.41, 5.74) is 0.500. The van der Waals surface area contributed by atoms with E-state index >= 15 is 0 Å². The quantitative estimate of drug-likeness (QED) is 0.942. The maximum atomic E-state index is 13.6. The van der Waals surface area contributed by atoms with Gasteiger partial charge in [0.05, 0.1) is 11.8 Å². The van der Waals surface area contributed by atoms with Crippen LogP contribution in [0.4, 0.5) is 14.6 Å². The van der Waals surface area contributed by atoms with E-state index in [0.717, 1.165) is 12.3 Å². The van der Waals surface area contributed by atoms with Crippen molar-refractivity contribution in [1.29, 1.82) is 0 Å². The summed E-state index contributed by atoms with van der Waals surface area (Å²) in [6.07, 6.45) is 1.03. The average molecular weight is 291 g/mol. The van der Waals surface area contributed by atoms with Crippen LogP contribution in [0.5, 0.6) is 0 Å². The second-order valence-electron chi connectivity index (χ2n) is 4.55. The second-order valence-corrected chi connectivity index (χ2v) is 4.55. The van der Waals surface area contributed by atoms with Gasteiger partial charge in [-0.15, -0.1) is 0 Å². The molecule has 0 saturated carbocycles. The van der Waals surface area contributed by atoms with E-state index in [9.17, 15) is 13.6 Å². The molecule has 0 bridgehead atoms. The van der Waals surface area contributed by atoms with Crippen LogP contribution in [0.15, 0.2) is 36.5 Å². The van der Waals surface area contributed by atoms with Crippen molar-refractivity contribution in [2.45, 2.75) is 6.54 Å². The molecular weight excluding hydrogens is 276 g/mol. The molecule has 0 aliphatic heterocycles. The Bertz CT molecular complexity index is 661. The van der Waals surface area contributed by atoms with Crippen molar-refractivity contribution in [3.8, 4) is 0 Å². The molecule has 110 valence electrons. The third-order valence-electron chi connectivity index (χ3n) is 3.03. The first-order valence-electron chi connectivity index (χ1n) is 6.35. The average Bonchev–Trinajstić information content (AvgIpc) is 2.48. The van der Waals surface area contributed by atoms with Gasteiger partial charge in [0.1, 0.15) is 17.5 Å². The standard InChI is InChI=1S/C15H15F2N3O/c1-18-14-12(7-11(16)8-19-14)15(21)20(2)9-10-5-3-4-6-13(10)17/h3-8H,9H2,1-2H3,(H,18,19). The van der Waals surface area contributed by atoms with Gasteiger partial charge in [0.2, 0.25) is 0 Å². The first kappa shape index (κ1) is 14.9. The number of aromatic nitrogens is 1. The molecule has 1 aromatic heterocycles. The lowest BCUT2D eigenvalue weighted by Gasteiger charge is -2.19. The first-order chi connectivity index (χ1) is 10.0. The van der Waals surface area contributed by atoms with E-state index in [-0.39, 0.29) is 23.7 Å². The lowest BCUT2D eigenvalue weighted by molar-refractivity contribution is 0.0784. The molecule has 0 spiro atoms. The number of nitrogens with zero attached hydrogens (tertiary/aromatic N) is 2. The molecule has 6 heteroatoms. The fourth-order valence-corrected chi connectivity index (χ4v) is 1.96. The zero-order chi connectivity index (χ0) is 15.4. The Morgan fingerprint density at radius 3 is 2.71 bits per heavy atom. The van der Waals surface area contributed by atoms with Crippen LogP contribution in [0.3, 0.4) is 0 Å². The zero-order valence-electron chi connectivity index (χ0n) is 11.7. The van der Waals surface area contributed by atoms with Crippen LogP contribution in [0.2, 0.25) is 0 Å². The van der Waals surface area contributed by atoms with E-state index in [1.165, 1.54) is 18.0 Å². The third kappa shape index (κ3) is 3.34. The van der Waals surface area contributed by atoms with Gasteiger partial charge in [0.25, 0.3) is 5.91 Å². The van der Waals surface area contributed by atoms with Gasteiger partial charge in [-0.3, -0.25) is 4.79 Å². The fourth-order valence-electron chi connectivity index (χ4n) is 1.96. The molecule has 1 amide bonds. The number of pyridine rings is 1. The van der Waals surface area contributed by atoms with E-state index < -0.39 is 11.7 Å². The van der Waals surface area contributed by atoms with Crippen molar-refractivity contribution in [2.75, 3.05) is 19.4 Å². The lowest BCUT2D eigenvalue weighted by atomic mass is 10.1. The highest BCUT2D eigenvalue weighted by Crippen LogP contribution is 2.17. The van der Waals surface area contributed by atoms with Gasteiger partial charge in [0.15, 0.2) is 0 Å². The molecule has 4 nitrogen and oxygen atoms in total. The highest BCUT2D eigenvalue weighted by molar-refractivity contribution is 5.98. The fraction of sp³-hybridized carbons (Fsp3) is 0.200. The van der Waals surface area contributed by atoms with E-state index in [1.54, 1.807) is 25.2 Å². The molecule has 0 fully saturated rings. The van der Waals surface area contributed by atoms with Gasteiger partial charge in [-0.1, -0.05) is 18.2 Å². The molecule has 1 heterocycles. The number of benzene rings is 1. The van der Waals surface area contributed by atoms with E-state index in [1.807, 2.05) is 0 Å². The molecule has 0 atom stereocenters. The normalized spacial score (nSPS) is 10.3. The summed E-state index contributed by atoms with van der Waals surface area (Å²) in [6.45, 7) is 0.0885. The van der Waals surface area contributed by atoms with Crippen molar-refractivity contribution in [1.82, 2.24) is 9.88 Å². The molecule has 1 N–H and O–H groups in total. The molecule has 21 heavy (non-hydrogen) atoms. The highest BCUT2D eigenvalue weighted by Gasteiger charge is 2.18. The number of hydrogen-bond acceptors (Lipinski definition) is 3. The van der Waals surface area contributed by atoms with Crippen LogP contribution < -0.4 is 5.32 Å². The topological polar surface area (TPSA) is 45.2 Å². The summed E-state index contributed by atoms with van der Waals surface area (Å²) in [7, 11) is 3.12. The van der Waals surface area contributed by atoms with Gasteiger partial charge >= 0.3 is 0 Å². The molecule has 2 rings (SSSR count). The van der Waals surface area contributed by atoms with Gasteiger partial charge in [-0.25, -0.2) is 13.8 Å². The molecule has 0 radical (unpaired) electrons. The molecule has 0 unspecified atom stereocenters. The van der Waals surface area contributed by atoms with Gasteiger partial charge < -0.3 is 10.2 Å². The Morgan fingerprint density at radius 1 is 1.33 bits per heavy atom. The number of rotatable bonds is 4. The van der Waals surface area contributed by atoms with Gasteiger partial charge in [0, 0.05) is 26.2 Å². The first-order valence-corrected chi connectivity index (χ1v) is 6.35. The molecule has 1 aromatic carbocycles. The van der Waals surface area contributed by atoms with Crippen LogP contribution >= 0.6 is 0 Å². The minimum absolute atomic E-state index is 0.0885. The maximum absolute atomic E-state index is 13.6. The number of anilines is 1. The van der Waals surface area contributed by atoms with Crippen molar-refractivity contribution < 1.29 is 13.6 Å². The number of amides is 1. The van der Waals surface area contributed by atoms with Crippen LogP contribution in [0.25, 0.3) is 0 Å². The smallest absolute Gasteiger partial charge is 0.257 e. The monoisotopic (exact) mass is 291 g/mol. The molecular formula is C15H15F2N3O. The number of carbonyl (C=O) groups excluding carboxylic acids is 1. The van der Waals surface area contributed by atoms with Crippen LogP contribution in [-0.2, 0) is 6.54 Å². The van der Waals surface area contributed by atoms with E-state index in [4.69, 9.17) is 0 Å². The SMILES string of the molecule is CNc1ncc(F)cc1C(=O)N(C)Cc1ccccc1F. The molecule has 2 aromatic rings.